The van der Waals surface area contributed by atoms with Gasteiger partial charge < -0.3 is 14.8 Å². The van der Waals surface area contributed by atoms with Gasteiger partial charge in [0.2, 0.25) is 5.91 Å². The predicted octanol–water partition coefficient (Wildman–Crippen LogP) is 2.45. The Morgan fingerprint density at radius 1 is 1.45 bits per heavy atom. The van der Waals surface area contributed by atoms with Gasteiger partial charge in [-0.3, -0.25) is 9.59 Å². The van der Waals surface area contributed by atoms with Crippen LogP contribution in [0.1, 0.15) is 30.6 Å². The smallest absolute Gasteiger partial charge is 0.484 e. The van der Waals surface area contributed by atoms with Gasteiger partial charge in [0.1, 0.15) is 17.1 Å². The molecule has 1 aromatic carbocycles. The van der Waals surface area contributed by atoms with Crippen LogP contribution in [0, 0.1) is 0 Å². The molecule has 8 heteroatoms. The number of halogens is 3. The van der Waals surface area contributed by atoms with Crippen LogP contribution in [0.3, 0.4) is 0 Å². The van der Waals surface area contributed by atoms with E-state index in [1.54, 1.807) is 6.92 Å². The minimum Gasteiger partial charge on any atom is -0.484 e. The number of rotatable bonds is 3. The summed E-state index contributed by atoms with van der Waals surface area (Å²) < 4.78 is 46.0. The van der Waals surface area contributed by atoms with Crippen LogP contribution in [0.15, 0.2) is 18.2 Å². The van der Waals surface area contributed by atoms with E-state index in [1.165, 1.54) is 13.0 Å². The van der Waals surface area contributed by atoms with E-state index in [4.69, 9.17) is 4.74 Å². The number of alkyl halides is 3. The van der Waals surface area contributed by atoms with Gasteiger partial charge >= 0.3 is 6.36 Å². The van der Waals surface area contributed by atoms with Crippen molar-refractivity contribution in [3.63, 3.8) is 0 Å². The first-order valence-corrected chi connectivity index (χ1v) is 6.44. The van der Waals surface area contributed by atoms with Crippen molar-refractivity contribution in [3.05, 3.63) is 23.8 Å². The first-order valence-electron chi connectivity index (χ1n) is 6.44. The molecule has 1 heterocycles. The second-order valence-corrected chi connectivity index (χ2v) is 5.27. The summed E-state index contributed by atoms with van der Waals surface area (Å²) in [6, 6.07) is 3.33. The fraction of sp³-hybridized carbons (Fsp3) is 0.429. The average molecular weight is 317 g/mol. The number of ketones is 1. The van der Waals surface area contributed by atoms with E-state index in [1.807, 2.05) is 0 Å². The first kappa shape index (κ1) is 16.1. The Balaban J connectivity index is 2.22. The number of Topliss-reactive ketones (excluding diaryl/α,β-unsaturated/α-hetero) is 1. The molecule has 5 nitrogen and oxygen atoms in total. The Morgan fingerprint density at radius 3 is 2.73 bits per heavy atom. The van der Waals surface area contributed by atoms with Crippen molar-refractivity contribution >= 4 is 11.7 Å². The highest BCUT2D eigenvalue weighted by Crippen LogP contribution is 2.36. The summed E-state index contributed by atoms with van der Waals surface area (Å²) >= 11 is 0. The van der Waals surface area contributed by atoms with Gasteiger partial charge in [-0.05, 0) is 25.1 Å². The van der Waals surface area contributed by atoms with Gasteiger partial charge in [0.05, 0.1) is 18.5 Å². The maximum absolute atomic E-state index is 12.2. The van der Waals surface area contributed by atoms with Gasteiger partial charge in [-0.15, -0.1) is 13.2 Å². The molecule has 0 saturated heterocycles. The number of fused-ring (bicyclic) bond motifs is 1. The zero-order valence-corrected chi connectivity index (χ0v) is 11.9. The van der Waals surface area contributed by atoms with Crippen LogP contribution < -0.4 is 14.8 Å². The summed E-state index contributed by atoms with van der Waals surface area (Å²) in [4.78, 5) is 23.1. The summed E-state index contributed by atoms with van der Waals surface area (Å²) in [5, 5.41) is 2.56. The normalized spacial score (nSPS) is 20.9. The molecule has 0 radical (unpaired) electrons. The van der Waals surface area contributed by atoms with E-state index in [9.17, 15) is 22.8 Å². The molecule has 1 aliphatic rings. The van der Waals surface area contributed by atoms with Crippen molar-refractivity contribution in [1.82, 2.24) is 5.32 Å². The lowest BCUT2D eigenvalue weighted by Crippen LogP contribution is -2.48. The summed E-state index contributed by atoms with van der Waals surface area (Å²) in [5.74, 6) is -0.953. The molecule has 1 aliphatic heterocycles. The summed E-state index contributed by atoms with van der Waals surface area (Å²) in [5.41, 5.74) is -0.913. The Kier molecular flexibility index (Phi) is 4.04. The third-order valence-electron chi connectivity index (χ3n) is 3.09. The molecule has 1 unspecified atom stereocenters. The van der Waals surface area contributed by atoms with Gasteiger partial charge in [-0.1, -0.05) is 0 Å². The fourth-order valence-corrected chi connectivity index (χ4v) is 2.16. The minimum absolute atomic E-state index is 0.0297. The third kappa shape index (κ3) is 3.90. The Labute approximate surface area is 124 Å². The summed E-state index contributed by atoms with van der Waals surface area (Å²) in [6.45, 7) is 3.10. The molecule has 22 heavy (non-hydrogen) atoms. The SMILES string of the molecule is CC(=O)NCC1(C)CC(=O)c2cc(OC(F)(F)F)ccc2O1. The van der Waals surface area contributed by atoms with Crippen molar-refractivity contribution in [2.24, 2.45) is 0 Å². The van der Waals surface area contributed by atoms with Crippen molar-refractivity contribution in [3.8, 4) is 11.5 Å². The average Bonchev–Trinajstić information content (AvgIpc) is 2.36. The van der Waals surface area contributed by atoms with E-state index in [0.29, 0.717) is 0 Å². The highest BCUT2D eigenvalue weighted by molar-refractivity contribution is 6.00. The van der Waals surface area contributed by atoms with E-state index in [0.717, 1.165) is 12.1 Å². The maximum atomic E-state index is 12.2. The van der Waals surface area contributed by atoms with E-state index in [-0.39, 0.29) is 36.0 Å². The zero-order valence-electron chi connectivity index (χ0n) is 11.9. The number of carbonyl (C=O) groups is 2. The lowest BCUT2D eigenvalue weighted by Gasteiger charge is -2.35. The standard InChI is InChI=1S/C14H14F3NO4/c1-8(19)18-7-13(2)6-11(20)10-5-9(21-14(15,16)17)3-4-12(10)22-13/h3-5H,6-7H2,1-2H3,(H,18,19). The highest BCUT2D eigenvalue weighted by atomic mass is 19.4. The molecule has 1 atom stereocenters. The van der Waals surface area contributed by atoms with Crippen molar-refractivity contribution < 1.29 is 32.2 Å². The molecule has 1 N–H and O–H groups in total. The van der Waals surface area contributed by atoms with Crippen LogP contribution >= 0.6 is 0 Å². The van der Waals surface area contributed by atoms with Crippen molar-refractivity contribution in [1.29, 1.82) is 0 Å². The predicted molar refractivity (Wildman–Crippen MR) is 69.8 cm³/mol. The first-order chi connectivity index (χ1) is 10.1. The van der Waals surface area contributed by atoms with Crippen LogP contribution in [0.5, 0.6) is 11.5 Å². The molecule has 0 fully saturated rings. The highest BCUT2D eigenvalue weighted by Gasteiger charge is 2.38. The Bertz CT molecular complexity index is 615. The second kappa shape index (κ2) is 5.51. The van der Waals surface area contributed by atoms with E-state index in [2.05, 4.69) is 10.1 Å². The quantitative estimate of drug-likeness (QED) is 0.930. The lowest BCUT2D eigenvalue weighted by atomic mass is 9.91. The summed E-state index contributed by atoms with van der Waals surface area (Å²) in [7, 11) is 0. The van der Waals surface area contributed by atoms with Crippen LogP contribution in [0.4, 0.5) is 13.2 Å². The number of hydrogen-bond donors (Lipinski definition) is 1. The number of amides is 1. The summed E-state index contributed by atoms with van der Waals surface area (Å²) in [6.07, 6.45) is -4.89. The van der Waals surface area contributed by atoms with Crippen LogP contribution in [0.25, 0.3) is 0 Å². The van der Waals surface area contributed by atoms with E-state index >= 15 is 0 Å². The molecule has 120 valence electrons. The largest absolute Gasteiger partial charge is 0.573 e. The zero-order chi connectivity index (χ0) is 16.5. The second-order valence-electron chi connectivity index (χ2n) is 5.27. The number of benzene rings is 1. The van der Waals surface area contributed by atoms with Gasteiger partial charge in [0.15, 0.2) is 5.78 Å². The molecule has 2 rings (SSSR count). The van der Waals surface area contributed by atoms with Gasteiger partial charge in [0, 0.05) is 6.92 Å². The molecule has 0 aromatic heterocycles. The van der Waals surface area contributed by atoms with Gasteiger partial charge in [-0.2, -0.15) is 0 Å². The monoisotopic (exact) mass is 317 g/mol. The van der Waals surface area contributed by atoms with Gasteiger partial charge in [0.25, 0.3) is 0 Å². The molecule has 0 bridgehead atoms. The van der Waals surface area contributed by atoms with Crippen molar-refractivity contribution in [2.75, 3.05) is 6.54 Å². The minimum atomic E-state index is -4.83. The molecule has 0 spiro atoms. The van der Waals surface area contributed by atoms with Crippen molar-refractivity contribution in [2.45, 2.75) is 32.2 Å². The van der Waals surface area contributed by atoms with Crippen LogP contribution in [-0.4, -0.2) is 30.2 Å². The Hall–Kier alpha value is -2.25. The molecular weight excluding hydrogens is 303 g/mol. The maximum Gasteiger partial charge on any atom is 0.573 e. The van der Waals surface area contributed by atoms with E-state index < -0.39 is 17.7 Å². The van der Waals surface area contributed by atoms with Crippen LogP contribution in [-0.2, 0) is 4.79 Å². The number of carbonyl (C=O) groups excluding carboxylic acids is 2. The third-order valence-corrected chi connectivity index (χ3v) is 3.09. The molecule has 1 amide bonds. The lowest BCUT2D eigenvalue weighted by molar-refractivity contribution is -0.274. The molecule has 1 aromatic rings. The number of nitrogens with one attached hydrogen (secondary N) is 1. The topological polar surface area (TPSA) is 64.6 Å². The molecule has 0 saturated carbocycles. The molecule has 0 aliphatic carbocycles. The van der Waals surface area contributed by atoms with Gasteiger partial charge in [-0.25, -0.2) is 0 Å². The Morgan fingerprint density at radius 2 is 2.14 bits per heavy atom. The van der Waals surface area contributed by atoms with Crippen LogP contribution in [0.2, 0.25) is 0 Å². The number of ether oxygens (including phenoxy) is 2. The fourth-order valence-electron chi connectivity index (χ4n) is 2.16. The number of hydrogen-bond acceptors (Lipinski definition) is 4. The molecular formula is C14H14F3NO4.